The largest absolute Gasteiger partial charge is 0.273 e. The van der Waals surface area contributed by atoms with Gasteiger partial charge in [-0.2, -0.15) is 0 Å². The van der Waals surface area contributed by atoms with Gasteiger partial charge in [0.2, 0.25) is 11.8 Å². The molecule has 0 bridgehead atoms. The van der Waals surface area contributed by atoms with Gasteiger partial charge in [-0.15, -0.1) is 0 Å². The summed E-state index contributed by atoms with van der Waals surface area (Å²) >= 11 is 10.2. The molecule has 96 valence electrons. The van der Waals surface area contributed by atoms with Gasteiger partial charge in [-0.25, -0.2) is 0 Å². The van der Waals surface area contributed by atoms with Crippen LogP contribution in [0.1, 0.15) is 26.7 Å². The van der Waals surface area contributed by atoms with Crippen molar-refractivity contribution < 1.29 is 9.59 Å². The van der Waals surface area contributed by atoms with Crippen LogP contribution >= 0.6 is 47.8 Å². The van der Waals surface area contributed by atoms with Gasteiger partial charge in [-0.05, 0) is 26.7 Å². The normalized spacial score (nSPS) is 41.6. The number of amides is 2. The van der Waals surface area contributed by atoms with Gasteiger partial charge in [0.25, 0.3) is 0 Å². The van der Waals surface area contributed by atoms with Crippen LogP contribution in [0.3, 0.4) is 0 Å². The quantitative estimate of drug-likeness (QED) is 0.519. The van der Waals surface area contributed by atoms with Gasteiger partial charge in [-0.3, -0.25) is 20.4 Å². The predicted molar refractivity (Wildman–Crippen MR) is 75.0 cm³/mol. The summed E-state index contributed by atoms with van der Waals surface area (Å²) in [6.07, 6.45) is 1.49. The molecule has 0 spiro atoms. The van der Waals surface area contributed by atoms with Crippen molar-refractivity contribution in [1.82, 2.24) is 10.9 Å². The number of alkyl halides is 3. The van der Waals surface area contributed by atoms with E-state index in [1.165, 1.54) is 0 Å². The first-order valence-electron chi connectivity index (χ1n) is 5.26. The minimum absolute atomic E-state index is 0.147. The Hall–Kier alpha value is 0.380. The summed E-state index contributed by atoms with van der Waals surface area (Å²) < 4.78 is -0.344. The third-order valence-electron chi connectivity index (χ3n) is 3.70. The van der Waals surface area contributed by atoms with Gasteiger partial charge < -0.3 is 0 Å². The maximum atomic E-state index is 11.9. The lowest BCUT2D eigenvalue weighted by molar-refractivity contribution is -0.133. The molecular weight excluding hydrogens is 420 g/mol. The number of nitrogens with one attached hydrogen (secondary N) is 2. The third-order valence-corrected chi connectivity index (χ3v) is 7.35. The van der Waals surface area contributed by atoms with Gasteiger partial charge in [0.1, 0.15) is 0 Å². The van der Waals surface area contributed by atoms with Gasteiger partial charge in [0.05, 0.1) is 14.1 Å². The zero-order valence-corrected chi connectivity index (χ0v) is 14.2. The van der Waals surface area contributed by atoms with E-state index in [0.717, 1.165) is 6.42 Å². The van der Waals surface area contributed by atoms with E-state index in [4.69, 9.17) is 0 Å². The second-order valence-corrected chi connectivity index (χ2v) is 10.1. The van der Waals surface area contributed by atoms with Gasteiger partial charge in [0.15, 0.2) is 0 Å². The minimum Gasteiger partial charge on any atom is -0.273 e. The van der Waals surface area contributed by atoms with E-state index in [2.05, 4.69) is 58.6 Å². The number of rotatable bonds is 2. The summed E-state index contributed by atoms with van der Waals surface area (Å²) in [7, 11) is 0. The van der Waals surface area contributed by atoms with Crippen molar-refractivity contribution in [3.05, 3.63) is 0 Å². The maximum absolute atomic E-state index is 11.9. The Morgan fingerprint density at radius 1 is 1.18 bits per heavy atom. The van der Waals surface area contributed by atoms with Crippen LogP contribution in [0.25, 0.3) is 0 Å². The van der Waals surface area contributed by atoms with E-state index in [1.807, 2.05) is 13.8 Å². The SMILES string of the molecule is C[C@]1(C(=O)NNC(=O)[C@@]2(C)CC2(Br)Br)C[C@@H]1Br. The molecule has 2 N–H and O–H groups in total. The van der Waals surface area contributed by atoms with Crippen molar-refractivity contribution >= 4 is 59.6 Å². The van der Waals surface area contributed by atoms with E-state index in [9.17, 15) is 9.59 Å². The van der Waals surface area contributed by atoms with Gasteiger partial charge >= 0.3 is 0 Å². The molecule has 7 heteroatoms. The molecule has 0 aromatic heterocycles. The average Bonchev–Trinajstić information content (AvgIpc) is 2.99. The van der Waals surface area contributed by atoms with Crippen LogP contribution in [0.5, 0.6) is 0 Å². The zero-order valence-electron chi connectivity index (χ0n) is 9.44. The van der Waals surface area contributed by atoms with Crippen LogP contribution in [-0.4, -0.2) is 19.9 Å². The van der Waals surface area contributed by atoms with Crippen molar-refractivity contribution in [3.63, 3.8) is 0 Å². The molecule has 2 amide bonds. The molecule has 0 aromatic carbocycles. The summed E-state index contributed by atoms with van der Waals surface area (Å²) in [5, 5.41) is 0. The Bertz CT molecular complexity index is 401. The molecule has 0 heterocycles. The number of halogens is 3. The van der Waals surface area contributed by atoms with E-state index >= 15 is 0 Å². The molecule has 2 aliphatic carbocycles. The summed E-state index contributed by atoms with van der Waals surface area (Å²) in [5.41, 5.74) is 4.07. The summed E-state index contributed by atoms with van der Waals surface area (Å²) in [5.74, 6) is -0.332. The first-order chi connectivity index (χ1) is 7.63. The lowest BCUT2D eigenvalue weighted by atomic mass is 10.1. The maximum Gasteiger partial charge on any atom is 0.246 e. The van der Waals surface area contributed by atoms with Crippen molar-refractivity contribution in [2.24, 2.45) is 10.8 Å². The highest BCUT2D eigenvalue weighted by atomic mass is 79.9. The number of hydrogen-bond donors (Lipinski definition) is 2. The molecule has 2 saturated carbocycles. The van der Waals surface area contributed by atoms with E-state index < -0.39 is 10.8 Å². The molecule has 4 nitrogen and oxygen atoms in total. The monoisotopic (exact) mass is 430 g/mol. The number of carbonyl (C=O) groups is 2. The average molecular weight is 433 g/mol. The van der Waals surface area contributed by atoms with Crippen molar-refractivity contribution in [1.29, 1.82) is 0 Å². The number of hydrogen-bond acceptors (Lipinski definition) is 2. The fraction of sp³-hybridized carbons (Fsp3) is 0.800. The van der Waals surface area contributed by atoms with Crippen LogP contribution in [-0.2, 0) is 9.59 Å². The number of carbonyl (C=O) groups excluding carboxylic acids is 2. The lowest BCUT2D eigenvalue weighted by Crippen LogP contribution is -2.48. The molecule has 2 fully saturated rings. The topological polar surface area (TPSA) is 58.2 Å². The Morgan fingerprint density at radius 3 is 1.94 bits per heavy atom. The molecule has 3 atom stereocenters. The summed E-state index contributed by atoms with van der Waals surface area (Å²) in [6, 6.07) is 0. The predicted octanol–water partition coefficient (Wildman–Crippen LogP) is 2.20. The van der Waals surface area contributed by atoms with Crippen LogP contribution in [0, 0.1) is 10.8 Å². The molecule has 0 aromatic rings. The highest BCUT2D eigenvalue weighted by Gasteiger charge is 2.67. The first-order valence-corrected chi connectivity index (χ1v) is 7.76. The molecule has 0 radical (unpaired) electrons. The molecule has 2 rings (SSSR count). The van der Waals surface area contributed by atoms with Crippen molar-refractivity contribution in [2.45, 2.75) is 34.7 Å². The highest BCUT2D eigenvalue weighted by Crippen LogP contribution is 2.66. The van der Waals surface area contributed by atoms with Crippen LogP contribution < -0.4 is 10.9 Å². The third kappa shape index (κ3) is 2.18. The molecular formula is C10H13Br3N2O2. The second-order valence-electron chi connectivity index (χ2n) is 5.21. The smallest absolute Gasteiger partial charge is 0.246 e. The van der Waals surface area contributed by atoms with Crippen LogP contribution in [0.15, 0.2) is 0 Å². The zero-order chi connectivity index (χ0) is 13.1. The van der Waals surface area contributed by atoms with E-state index in [-0.39, 0.29) is 19.9 Å². The summed E-state index contributed by atoms with van der Waals surface area (Å²) in [4.78, 5) is 23.9. The first kappa shape index (κ1) is 13.8. The second kappa shape index (κ2) is 3.93. The molecule has 0 aliphatic heterocycles. The standard InChI is InChI=1S/C10H13Br3N2O2/c1-8(3-5(8)11)6(16)14-15-7(17)9(2)4-10(9,12)13/h5H,3-4H2,1-2H3,(H,14,16)(H,15,17)/t5-,8-,9+/m0/s1. The Kier molecular flexibility index (Phi) is 3.19. The van der Waals surface area contributed by atoms with Gasteiger partial charge in [-0.1, -0.05) is 47.8 Å². The Morgan fingerprint density at radius 2 is 1.59 bits per heavy atom. The van der Waals surface area contributed by atoms with E-state index in [1.54, 1.807) is 0 Å². The van der Waals surface area contributed by atoms with Crippen molar-refractivity contribution in [3.8, 4) is 0 Å². The van der Waals surface area contributed by atoms with E-state index in [0.29, 0.717) is 6.42 Å². The minimum atomic E-state index is -0.515. The molecule has 0 unspecified atom stereocenters. The fourth-order valence-corrected chi connectivity index (χ4v) is 3.95. The molecule has 2 aliphatic rings. The van der Waals surface area contributed by atoms with Gasteiger partial charge in [0, 0.05) is 4.83 Å². The Labute approximate surface area is 125 Å². The number of hydrazine groups is 1. The molecule has 17 heavy (non-hydrogen) atoms. The fourth-order valence-electron chi connectivity index (χ4n) is 1.59. The van der Waals surface area contributed by atoms with Crippen LogP contribution in [0.4, 0.5) is 0 Å². The highest BCUT2D eigenvalue weighted by molar-refractivity contribution is 9.25. The molecule has 0 saturated heterocycles. The van der Waals surface area contributed by atoms with Crippen molar-refractivity contribution in [2.75, 3.05) is 0 Å². The summed E-state index contributed by atoms with van der Waals surface area (Å²) in [6.45, 7) is 3.70. The Balaban J connectivity index is 1.84. The lowest BCUT2D eigenvalue weighted by Gasteiger charge is -2.15. The van der Waals surface area contributed by atoms with Crippen LogP contribution in [0.2, 0.25) is 0 Å².